The summed E-state index contributed by atoms with van der Waals surface area (Å²) >= 11 is 1.76. The number of furan rings is 1. The first kappa shape index (κ1) is 29.1. The molecule has 4 heterocycles. The van der Waals surface area contributed by atoms with Crippen molar-refractivity contribution in [2.24, 2.45) is 0 Å². The Balaban J connectivity index is 1.05. The maximum Gasteiger partial charge on any atom is 0.167 e. The van der Waals surface area contributed by atoms with E-state index in [4.69, 9.17) is 26.2 Å². The normalized spacial score (nSPS) is 13.4. The Hall–Kier alpha value is -8.19. The van der Waals surface area contributed by atoms with E-state index < -0.39 is 12.1 Å². The SMILES string of the molecule is [2H]c1cc([2H])c2c(c1[2H])c1c([2H])c([2H])c([2H])c([2H])c1n2-c1ccccc1-c1nc(-c2cccc(-c3cccc4c3sc3ccc(-c5ccccc5)cc34)c2)nc(-c2cccc3c2oc2ccccc23)n1. The molecule has 5 nitrogen and oxygen atoms in total. The molecule has 63 heavy (non-hydrogen) atoms. The molecule has 0 radical (unpaired) electrons. The zero-order valence-corrected chi connectivity index (χ0v) is 34.0. The number of hydrogen-bond donors (Lipinski definition) is 0. The van der Waals surface area contributed by atoms with Crippen LogP contribution in [0.4, 0.5) is 0 Å². The predicted molar refractivity (Wildman–Crippen MR) is 262 cm³/mol. The van der Waals surface area contributed by atoms with Crippen LogP contribution < -0.4 is 0 Å². The fourth-order valence-electron chi connectivity index (χ4n) is 8.90. The minimum atomic E-state index is -0.472. The van der Waals surface area contributed by atoms with Crippen LogP contribution in [0, 0.1) is 0 Å². The van der Waals surface area contributed by atoms with E-state index in [2.05, 4.69) is 72.8 Å². The van der Waals surface area contributed by atoms with Crippen molar-refractivity contribution < 1.29 is 14.0 Å². The number of fused-ring (bicyclic) bond motifs is 9. The number of hydrogen-bond acceptors (Lipinski definition) is 5. The van der Waals surface area contributed by atoms with Crippen LogP contribution in [0.1, 0.15) is 9.60 Å². The number of benzene rings is 9. The van der Waals surface area contributed by atoms with Crippen molar-refractivity contribution in [2.45, 2.75) is 0 Å². The number of thiophene rings is 1. The minimum Gasteiger partial charge on any atom is -0.455 e. The molecule has 0 saturated carbocycles. The van der Waals surface area contributed by atoms with Crippen LogP contribution >= 0.6 is 11.3 Å². The van der Waals surface area contributed by atoms with E-state index in [0.717, 1.165) is 48.9 Å². The molecule has 4 aromatic heterocycles. The lowest BCUT2D eigenvalue weighted by Gasteiger charge is -2.15. The van der Waals surface area contributed by atoms with E-state index in [1.54, 1.807) is 28.0 Å². The van der Waals surface area contributed by atoms with Gasteiger partial charge >= 0.3 is 0 Å². The van der Waals surface area contributed by atoms with Gasteiger partial charge in [-0.15, -0.1) is 11.3 Å². The maximum atomic E-state index is 9.22. The Labute approximate surface area is 375 Å². The van der Waals surface area contributed by atoms with Gasteiger partial charge in [-0.1, -0.05) is 152 Å². The number of nitrogens with zero attached hydrogens (tertiary/aromatic N) is 4. The molecule has 0 spiro atoms. The molecular weight excluding hydrogens is 789 g/mol. The van der Waals surface area contributed by atoms with Gasteiger partial charge in [-0.05, 0) is 76.8 Å². The Bertz CT molecular complexity index is 4360. The van der Waals surface area contributed by atoms with Gasteiger partial charge in [-0.2, -0.15) is 0 Å². The Morgan fingerprint density at radius 1 is 0.429 bits per heavy atom. The van der Waals surface area contributed by atoms with Crippen molar-refractivity contribution in [3.63, 3.8) is 0 Å². The van der Waals surface area contributed by atoms with Crippen molar-refractivity contribution in [1.29, 1.82) is 0 Å². The Morgan fingerprint density at radius 2 is 1.10 bits per heavy atom. The second-order valence-electron chi connectivity index (χ2n) is 15.4. The summed E-state index contributed by atoms with van der Waals surface area (Å²) in [7, 11) is 0. The molecule has 0 saturated heterocycles. The van der Waals surface area contributed by atoms with Crippen molar-refractivity contribution >= 4 is 75.3 Å². The zero-order chi connectivity index (χ0) is 47.5. The maximum absolute atomic E-state index is 9.22. The highest BCUT2D eigenvalue weighted by atomic mass is 32.1. The number of aromatic nitrogens is 4. The largest absolute Gasteiger partial charge is 0.455 e. The zero-order valence-electron chi connectivity index (χ0n) is 40.2. The molecule has 0 amide bonds. The summed E-state index contributed by atoms with van der Waals surface area (Å²) in [5, 5.41) is 4.35. The van der Waals surface area contributed by atoms with E-state index in [1.165, 1.54) is 21.5 Å². The summed E-state index contributed by atoms with van der Waals surface area (Å²) in [6, 6.07) is 51.6. The van der Waals surface area contributed by atoms with Crippen LogP contribution in [-0.4, -0.2) is 19.5 Å². The van der Waals surface area contributed by atoms with Crippen molar-refractivity contribution in [3.8, 4) is 62.1 Å². The first-order valence-electron chi connectivity index (χ1n) is 24.0. The smallest absolute Gasteiger partial charge is 0.167 e. The van der Waals surface area contributed by atoms with Gasteiger partial charge in [0, 0.05) is 52.8 Å². The molecule has 0 bridgehead atoms. The van der Waals surface area contributed by atoms with Crippen LogP contribution in [-0.2, 0) is 0 Å². The second-order valence-corrected chi connectivity index (χ2v) is 16.4. The minimum absolute atomic E-state index is 0.0547. The number of rotatable bonds is 6. The van der Waals surface area contributed by atoms with Crippen LogP contribution in [0.15, 0.2) is 211 Å². The van der Waals surface area contributed by atoms with Crippen molar-refractivity contribution in [2.75, 3.05) is 0 Å². The van der Waals surface area contributed by atoms with Crippen LogP contribution in [0.3, 0.4) is 0 Å². The van der Waals surface area contributed by atoms with E-state index in [-0.39, 0.29) is 57.8 Å². The fraction of sp³-hybridized carbons (Fsp3) is 0. The van der Waals surface area contributed by atoms with Crippen LogP contribution in [0.2, 0.25) is 0 Å². The topological polar surface area (TPSA) is 56.7 Å². The highest BCUT2D eigenvalue weighted by Gasteiger charge is 2.22. The van der Waals surface area contributed by atoms with Gasteiger partial charge in [-0.3, -0.25) is 0 Å². The second kappa shape index (κ2) is 14.2. The lowest BCUT2D eigenvalue weighted by molar-refractivity contribution is 0.669. The van der Waals surface area contributed by atoms with E-state index in [0.29, 0.717) is 34.0 Å². The molecule has 0 fully saturated rings. The number of para-hydroxylation sites is 5. The first-order valence-corrected chi connectivity index (χ1v) is 21.3. The summed E-state index contributed by atoms with van der Waals surface area (Å²) in [5.41, 5.74) is 8.16. The molecule has 13 rings (SSSR count). The molecule has 13 aromatic rings. The quantitative estimate of drug-likeness (QED) is 0.167. The predicted octanol–water partition coefficient (Wildman–Crippen LogP) is 15.6. The van der Waals surface area contributed by atoms with Gasteiger partial charge < -0.3 is 8.98 Å². The van der Waals surface area contributed by atoms with Gasteiger partial charge in [0.25, 0.3) is 0 Å². The summed E-state index contributed by atoms with van der Waals surface area (Å²) in [6.07, 6.45) is 0. The standard InChI is InChI=1S/C57H34N4OS/c1-2-15-35(16-3-1)36-31-32-52-47(34-36)44-25-13-23-39(54(44)63-52)37-17-12-18-38(33-37)55-58-56(60-57(59-55)46-26-14-24-43-42-21-7-11-30-51(42)62-53(43)46)45-22-6-10-29-50(45)61-48-27-8-4-19-40(48)41-20-5-9-28-49(41)61/h1-34H/i4D,5D,8D,19D,20D,27D,28D. The van der Waals surface area contributed by atoms with Crippen LogP contribution in [0.25, 0.3) is 126 Å². The van der Waals surface area contributed by atoms with Crippen molar-refractivity contribution in [1.82, 2.24) is 19.5 Å². The summed E-state index contributed by atoms with van der Waals surface area (Å²) in [6.45, 7) is 0. The van der Waals surface area contributed by atoms with E-state index >= 15 is 0 Å². The monoisotopic (exact) mass is 829 g/mol. The first-order chi connectivity index (χ1) is 34.1. The summed E-state index contributed by atoms with van der Waals surface area (Å²) in [5.74, 6) is 0.960. The lowest BCUT2D eigenvalue weighted by atomic mass is 9.99. The summed E-state index contributed by atoms with van der Waals surface area (Å²) in [4.78, 5) is 15.6. The third-order valence-electron chi connectivity index (χ3n) is 11.8. The molecule has 0 aliphatic rings. The average molecular weight is 830 g/mol. The molecule has 9 aromatic carbocycles. The molecule has 6 heteroatoms. The third kappa shape index (κ3) is 5.73. The third-order valence-corrected chi connectivity index (χ3v) is 13.0. The van der Waals surface area contributed by atoms with Gasteiger partial charge in [0.15, 0.2) is 17.5 Å². The van der Waals surface area contributed by atoms with Crippen LogP contribution in [0.5, 0.6) is 0 Å². The molecule has 0 atom stereocenters. The highest BCUT2D eigenvalue weighted by Crippen LogP contribution is 2.43. The Morgan fingerprint density at radius 3 is 2.02 bits per heavy atom. The molecule has 0 aliphatic carbocycles. The molecule has 0 N–H and O–H groups in total. The summed E-state index contributed by atoms with van der Waals surface area (Å²) < 4.78 is 72.8. The van der Waals surface area contributed by atoms with Gasteiger partial charge in [-0.25, -0.2) is 15.0 Å². The highest BCUT2D eigenvalue weighted by molar-refractivity contribution is 7.26. The van der Waals surface area contributed by atoms with E-state index in [9.17, 15) is 2.74 Å². The molecule has 294 valence electrons. The lowest BCUT2D eigenvalue weighted by Crippen LogP contribution is -2.03. The molecular formula is C57H34N4OS. The van der Waals surface area contributed by atoms with Gasteiger partial charge in [0.2, 0.25) is 0 Å². The van der Waals surface area contributed by atoms with Gasteiger partial charge in [0.05, 0.1) is 31.9 Å². The van der Waals surface area contributed by atoms with Crippen molar-refractivity contribution in [3.05, 3.63) is 206 Å². The molecule has 0 aliphatic heterocycles. The Kier molecular flexibility index (Phi) is 6.57. The average Bonchev–Trinajstić information content (AvgIpc) is 4.10. The van der Waals surface area contributed by atoms with E-state index in [1.807, 2.05) is 72.8 Å². The molecule has 0 unspecified atom stereocenters. The van der Waals surface area contributed by atoms with Gasteiger partial charge in [0.1, 0.15) is 11.2 Å². The fourth-order valence-corrected chi connectivity index (χ4v) is 10.1.